The highest BCUT2D eigenvalue weighted by atomic mass is 32.1. The average molecular weight is 783 g/mol. The number of aromatic nitrogens is 2. The molecule has 4 heteroatoms. The first-order chi connectivity index (χ1) is 29.7. The van der Waals surface area contributed by atoms with Crippen LogP contribution in [0.3, 0.4) is 0 Å². The molecule has 0 bridgehead atoms. The normalized spacial score (nSPS) is 11.7. The number of hydrogen-bond donors (Lipinski definition) is 0. The van der Waals surface area contributed by atoms with Crippen LogP contribution in [0.5, 0.6) is 0 Å². The summed E-state index contributed by atoms with van der Waals surface area (Å²) >= 11 is 1.84. The molecule has 0 saturated carbocycles. The van der Waals surface area contributed by atoms with Gasteiger partial charge in [0.25, 0.3) is 0 Å². The highest BCUT2D eigenvalue weighted by Gasteiger charge is 2.18. The van der Waals surface area contributed by atoms with Gasteiger partial charge < -0.3 is 4.42 Å². The van der Waals surface area contributed by atoms with Crippen LogP contribution in [0, 0.1) is 0 Å². The molecule has 0 unspecified atom stereocenters. The lowest BCUT2D eigenvalue weighted by atomic mass is 9.92. The molecule has 0 fully saturated rings. The second-order valence-corrected chi connectivity index (χ2v) is 16.4. The van der Waals surface area contributed by atoms with Crippen LogP contribution in [0.1, 0.15) is 0 Å². The molecule has 0 spiro atoms. The van der Waals surface area contributed by atoms with Crippen LogP contribution >= 0.6 is 11.3 Å². The number of thiophene rings is 1. The fourth-order valence-corrected chi connectivity index (χ4v) is 9.75. The third-order valence-electron chi connectivity index (χ3n) is 11.7. The molecule has 60 heavy (non-hydrogen) atoms. The van der Waals surface area contributed by atoms with E-state index in [-0.39, 0.29) is 0 Å². The maximum Gasteiger partial charge on any atom is 0.160 e. The van der Waals surface area contributed by atoms with E-state index in [1.165, 1.54) is 36.5 Å². The van der Waals surface area contributed by atoms with Crippen LogP contribution in [0.15, 0.2) is 211 Å². The number of furan rings is 1. The molecule has 0 aliphatic heterocycles. The van der Waals surface area contributed by atoms with Crippen molar-refractivity contribution in [3.05, 3.63) is 206 Å². The molecule has 0 saturated heterocycles. The number of hydrogen-bond acceptors (Lipinski definition) is 4. The summed E-state index contributed by atoms with van der Waals surface area (Å²) in [5, 5.41) is 7.20. The molecule has 280 valence electrons. The SMILES string of the molecule is c1ccc(-c2nc(-c3cccc(-c4ccc5sc6ccccc6c5c4)c3)cc(-c3cc(-c4ccc5ccccc5c4)cc(-c4cccc5c4oc4ccccc45)c3)n2)cc1. The van der Waals surface area contributed by atoms with Gasteiger partial charge >= 0.3 is 0 Å². The minimum Gasteiger partial charge on any atom is -0.455 e. The Morgan fingerprint density at radius 2 is 0.950 bits per heavy atom. The first-order valence-electron chi connectivity index (χ1n) is 20.2. The van der Waals surface area contributed by atoms with Gasteiger partial charge in [-0.25, -0.2) is 9.97 Å². The van der Waals surface area contributed by atoms with Gasteiger partial charge in [-0.05, 0) is 99.3 Å². The molecule has 3 heterocycles. The summed E-state index contributed by atoms with van der Waals surface area (Å²) in [6, 6.07) is 73.4. The monoisotopic (exact) mass is 782 g/mol. The Balaban J connectivity index is 1.05. The van der Waals surface area contributed by atoms with Crippen LogP contribution in [0.2, 0.25) is 0 Å². The first-order valence-corrected chi connectivity index (χ1v) is 21.0. The predicted molar refractivity (Wildman–Crippen MR) is 252 cm³/mol. The van der Waals surface area contributed by atoms with Gasteiger partial charge in [-0.15, -0.1) is 11.3 Å². The van der Waals surface area contributed by atoms with Gasteiger partial charge in [0.15, 0.2) is 5.82 Å². The molecule has 9 aromatic carbocycles. The second-order valence-electron chi connectivity index (χ2n) is 15.4. The highest BCUT2D eigenvalue weighted by molar-refractivity contribution is 7.25. The smallest absolute Gasteiger partial charge is 0.160 e. The van der Waals surface area contributed by atoms with Crippen LogP contribution in [0.25, 0.3) is 120 Å². The summed E-state index contributed by atoms with van der Waals surface area (Å²) in [5.74, 6) is 0.678. The number of fused-ring (bicyclic) bond motifs is 7. The lowest BCUT2D eigenvalue weighted by molar-refractivity contribution is 0.670. The predicted octanol–water partition coefficient (Wildman–Crippen LogP) is 15.9. The van der Waals surface area contributed by atoms with E-state index in [2.05, 4.69) is 176 Å². The highest BCUT2D eigenvalue weighted by Crippen LogP contribution is 2.41. The van der Waals surface area contributed by atoms with Crippen LogP contribution in [-0.2, 0) is 0 Å². The minimum absolute atomic E-state index is 0.678. The summed E-state index contributed by atoms with van der Waals surface area (Å²) < 4.78 is 9.21. The molecule has 12 aromatic rings. The van der Waals surface area contributed by atoms with E-state index in [0.29, 0.717) is 5.82 Å². The molecule has 0 amide bonds. The fourth-order valence-electron chi connectivity index (χ4n) is 8.66. The average Bonchev–Trinajstić information content (AvgIpc) is 3.90. The molecular formula is C56H34N2OS. The van der Waals surface area contributed by atoms with E-state index >= 15 is 0 Å². The Labute approximate surface area is 350 Å². The van der Waals surface area contributed by atoms with Crippen molar-refractivity contribution in [1.29, 1.82) is 0 Å². The molecule has 0 aliphatic rings. The maximum absolute atomic E-state index is 6.60. The number of nitrogens with zero attached hydrogens (tertiary/aromatic N) is 2. The molecule has 0 N–H and O–H groups in total. The largest absolute Gasteiger partial charge is 0.455 e. The number of para-hydroxylation sites is 2. The van der Waals surface area contributed by atoms with Crippen molar-refractivity contribution in [2.75, 3.05) is 0 Å². The Morgan fingerprint density at radius 1 is 0.333 bits per heavy atom. The molecule has 0 aliphatic carbocycles. The van der Waals surface area contributed by atoms with Crippen molar-refractivity contribution in [2.24, 2.45) is 0 Å². The van der Waals surface area contributed by atoms with Gasteiger partial charge in [-0.3, -0.25) is 0 Å². The molecule has 3 aromatic heterocycles. The van der Waals surface area contributed by atoms with Crippen LogP contribution in [-0.4, -0.2) is 9.97 Å². The van der Waals surface area contributed by atoms with Crippen LogP contribution in [0.4, 0.5) is 0 Å². The van der Waals surface area contributed by atoms with E-state index in [9.17, 15) is 0 Å². The first kappa shape index (κ1) is 34.4. The van der Waals surface area contributed by atoms with Gasteiger partial charge in [0.2, 0.25) is 0 Å². The summed E-state index contributed by atoms with van der Waals surface area (Å²) in [4.78, 5) is 10.6. The molecule has 0 radical (unpaired) electrons. The van der Waals surface area contributed by atoms with Gasteiger partial charge in [0.1, 0.15) is 11.2 Å². The summed E-state index contributed by atoms with van der Waals surface area (Å²) in [6.45, 7) is 0. The Bertz CT molecular complexity index is 3620. The van der Waals surface area contributed by atoms with E-state index in [1.807, 2.05) is 41.7 Å². The summed E-state index contributed by atoms with van der Waals surface area (Å²) in [5.41, 5.74) is 13.1. The Morgan fingerprint density at radius 3 is 1.87 bits per heavy atom. The summed E-state index contributed by atoms with van der Waals surface area (Å²) in [6.07, 6.45) is 0. The Kier molecular flexibility index (Phi) is 8.03. The van der Waals surface area contributed by atoms with Gasteiger partial charge in [0.05, 0.1) is 11.4 Å². The van der Waals surface area contributed by atoms with Crippen molar-refractivity contribution in [1.82, 2.24) is 9.97 Å². The van der Waals surface area contributed by atoms with E-state index < -0.39 is 0 Å². The van der Waals surface area contributed by atoms with Crippen molar-refractivity contribution in [2.45, 2.75) is 0 Å². The van der Waals surface area contributed by atoms with E-state index in [4.69, 9.17) is 14.4 Å². The number of rotatable bonds is 6. The standard InChI is InChI=1S/C56H34N2OS/c1-2-13-36(14-3-1)56-57-50(41-17-10-16-38(29-41)40-26-27-54-49(33-40)47-19-7-9-23-53(47)60-54)34-51(58-56)44-31-42(39-25-24-35-12-4-5-15-37(35)28-39)30-43(32-44)45-20-11-21-48-46-18-6-8-22-52(46)59-55(45)48/h1-34H. The maximum atomic E-state index is 6.60. The molecule has 12 rings (SSSR count). The van der Waals surface area contributed by atoms with E-state index in [0.717, 1.165) is 77.8 Å². The van der Waals surface area contributed by atoms with Gasteiger partial charge in [-0.2, -0.15) is 0 Å². The quantitative estimate of drug-likeness (QED) is 0.169. The molecular weight excluding hydrogens is 749 g/mol. The topological polar surface area (TPSA) is 38.9 Å². The number of benzene rings is 9. The second kappa shape index (κ2) is 14.0. The minimum atomic E-state index is 0.678. The fraction of sp³-hybridized carbons (Fsp3) is 0. The summed E-state index contributed by atoms with van der Waals surface area (Å²) in [7, 11) is 0. The Hall–Kier alpha value is -7.66. The third-order valence-corrected chi connectivity index (χ3v) is 12.8. The lowest BCUT2D eigenvalue weighted by Gasteiger charge is -2.14. The van der Waals surface area contributed by atoms with Crippen molar-refractivity contribution >= 4 is 64.2 Å². The van der Waals surface area contributed by atoms with Gasteiger partial charge in [-0.1, -0.05) is 146 Å². The van der Waals surface area contributed by atoms with Crippen molar-refractivity contribution in [3.63, 3.8) is 0 Å². The van der Waals surface area contributed by atoms with Gasteiger partial charge in [0, 0.05) is 53.2 Å². The lowest BCUT2D eigenvalue weighted by Crippen LogP contribution is -1.97. The van der Waals surface area contributed by atoms with Crippen LogP contribution < -0.4 is 0 Å². The van der Waals surface area contributed by atoms with E-state index in [1.54, 1.807) is 0 Å². The zero-order valence-corrected chi connectivity index (χ0v) is 33.2. The van der Waals surface area contributed by atoms with Crippen molar-refractivity contribution in [3.8, 4) is 67.3 Å². The van der Waals surface area contributed by atoms with Crippen molar-refractivity contribution < 1.29 is 4.42 Å². The zero-order valence-electron chi connectivity index (χ0n) is 32.3. The molecule has 3 nitrogen and oxygen atoms in total. The zero-order chi connectivity index (χ0) is 39.6. The third kappa shape index (κ3) is 5.96. The molecule has 0 atom stereocenters.